The number of thiocarbonyl (C=S) groups is 1. The lowest BCUT2D eigenvalue weighted by atomic mass is 10.2. The number of unbranched alkanes of at least 4 members (excludes halogenated alkanes) is 2. The van der Waals surface area contributed by atoms with Gasteiger partial charge in [-0.25, -0.2) is 0 Å². The smallest absolute Gasteiger partial charge is 0.270 e. The van der Waals surface area contributed by atoms with Crippen molar-refractivity contribution in [2.75, 3.05) is 10.6 Å². The zero-order chi connectivity index (χ0) is 22.6. The Morgan fingerprint density at radius 2 is 1.77 bits per heavy atom. The van der Waals surface area contributed by atoms with E-state index in [-0.39, 0.29) is 16.7 Å². The predicted molar refractivity (Wildman–Crippen MR) is 126 cm³/mol. The molecule has 2 aromatic carbocycles. The lowest BCUT2D eigenvalue weighted by Gasteiger charge is -2.10. The summed E-state index contributed by atoms with van der Waals surface area (Å²) >= 11 is 5.15. The zero-order valence-electron chi connectivity index (χ0n) is 17.1. The molecule has 162 valence electrons. The molecule has 0 spiro atoms. The maximum atomic E-state index is 12.1. The summed E-state index contributed by atoms with van der Waals surface area (Å²) in [6.07, 6.45) is 6.08. The molecular weight excluding hydrogens is 416 g/mol. The fraction of sp³-hybridized carbons (Fsp3) is 0.227. The second kappa shape index (κ2) is 12.2. The number of nitrogens with one attached hydrogen (secondary N) is 3. The molecule has 0 saturated heterocycles. The van der Waals surface area contributed by atoms with Crippen molar-refractivity contribution in [3.63, 3.8) is 0 Å². The first-order chi connectivity index (χ1) is 14.9. The normalized spacial score (nSPS) is 10.5. The third-order valence-electron chi connectivity index (χ3n) is 4.16. The molecule has 0 aliphatic heterocycles. The van der Waals surface area contributed by atoms with E-state index >= 15 is 0 Å². The van der Waals surface area contributed by atoms with Crippen molar-refractivity contribution in [2.45, 2.75) is 32.6 Å². The van der Waals surface area contributed by atoms with Crippen LogP contribution in [0.5, 0.6) is 0 Å². The largest absolute Gasteiger partial charge is 0.332 e. The molecule has 0 radical (unpaired) electrons. The highest BCUT2D eigenvalue weighted by atomic mass is 32.1. The Hall–Kier alpha value is -3.59. The van der Waals surface area contributed by atoms with Crippen LogP contribution >= 0.6 is 12.2 Å². The molecule has 8 nitrogen and oxygen atoms in total. The molecule has 2 aromatic rings. The lowest BCUT2D eigenvalue weighted by molar-refractivity contribution is -0.384. The van der Waals surface area contributed by atoms with E-state index in [9.17, 15) is 19.7 Å². The van der Waals surface area contributed by atoms with Gasteiger partial charge in [-0.1, -0.05) is 38.0 Å². The van der Waals surface area contributed by atoms with Gasteiger partial charge in [-0.3, -0.25) is 25.0 Å². The number of carbonyl (C=O) groups is 2. The van der Waals surface area contributed by atoms with Gasteiger partial charge in [0.15, 0.2) is 5.11 Å². The Balaban J connectivity index is 1.87. The van der Waals surface area contributed by atoms with Crippen molar-refractivity contribution in [3.8, 4) is 0 Å². The van der Waals surface area contributed by atoms with Gasteiger partial charge in [-0.05, 0) is 48.5 Å². The molecular formula is C22H24N4O4S. The van der Waals surface area contributed by atoms with E-state index < -0.39 is 10.8 Å². The summed E-state index contributed by atoms with van der Waals surface area (Å²) < 4.78 is 0. The van der Waals surface area contributed by atoms with E-state index in [4.69, 9.17) is 12.2 Å². The van der Waals surface area contributed by atoms with Crippen LogP contribution in [0.25, 0.3) is 6.08 Å². The van der Waals surface area contributed by atoms with Crippen LogP contribution in [-0.4, -0.2) is 21.9 Å². The second-order valence-corrected chi connectivity index (χ2v) is 7.12. The van der Waals surface area contributed by atoms with Crippen LogP contribution in [0, 0.1) is 10.1 Å². The number of nitrogens with zero attached hydrogens (tertiary/aromatic N) is 1. The summed E-state index contributed by atoms with van der Waals surface area (Å²) in [4.78, 5) is 34.3. The summed E-state index contributed by atoms with van der Waals surface area (Å²) in [5.74, 6) is -0.530. The Kier molecular flexibility index (Phi) is 9.31. The third kappa shape index (κ3) is 8.75. The Labute approximate surface area is 185 Å². The number of hydrogen-bond acceptors (Lipinski definition) is 5. The predicted octanol–water partition coefficient (Wildman–Crippen LogP) is 4.64. The first-order valence-electron chi connectivity index (χ1n) is 9.82. The van der Waals surface area contributed by atoms with Crippen LogP contribution in [0.1, 0.15) is 38.2 Å². The van der Waals surface area contributed by atoms with Crippen molar-refractivity contribution < 1.29 is 14.5 Å². The summed E-state index contributed by atoms with van der Waals surface area (Å²) in [7, 11) is 0. The average Bonchev–Trinajstić information content (AvgIpc) is 2.73. The second-order valence-electron chi connectivity index (χ2n) is 6.71. The fourth-order valence-corrected chi connectivity index (χ4v) is 2.88. The van der Waals surface area contributed by atoms with E-state index in [0.717, 1.165) is 19.3 Å². The number of anilines is 2. The highest BCUT2D eigenvalue weighted by Crippen LogP contribution is 2.16. The van der Waals surface area contributed by atoms with Crippen molar-refractivity contribution in [3.05, 3.63) is 70.3 Å². The van der Waals surface area contributed by atoms with Crippen molar-refractivity contribution in [2.24, 2.45) is 0 Å². The van der Waals surface area contributed by atoms with Gasteiger partial charge in [0, 0.05) is 36.0 Å². The summed E-state index contributed by atoms with van der Waals surface area (Å²) in [6, 6.07) is 12.9. The number of hydrogen-bond donors (Lipinski definition) is 3. The van der Waals surface area contributed by atoms with E-state index in [1.807, 2.05) is 0 Å². The van der Waals surface area contributed by atoms with Crippen LogP contribution in [0.3, 0.4) is 0 Å². The van der Waals surface area contributed by atoms with Gasteiger partial charge < -0.3 is 10.6 Å². The lowest BCUT2D eigenvalue weighted by Crippen LogP contribution is -2.32. The molecule has 2 amide bonds. The van der Waals surface area contributed by atoms with E-state index in [1.165, 1.54) is 30.4 Å². The number of nitro benzene ring substituents is 1. The van der Waals surface area contributed by atoms with Gasteiger partial charge in [-0.2, -0.15) is 0 Å². The van der Waals surface area contributed by atoms with E-state index in [0.29, 0.717) is 23.4 Å². The van der Waals surface area contributed by atoms with Gasteiger partial charge in [0.1, 0.15) is 0 Å². The zero-order valence-corrected chi connectivity index (χ0v) is 17.9. The molecule has 0 aliphatic carbocycles. The molecule has 0 fully saturated rings. The third-order valence-corrected chi connectivity index (χ3v) is 4.36. The molecule has 0 heterocycles. The van der Waals surface area contributed by atoms with Crippen LogP contribution in [-0.2, 0) is 9.59 Å². The Morgan fingerprint density at radius 3 is 2.48 bits per heavy atom. The van der Waals surface area contributed by atoms with Gasteiger partial charge in [0.05, 0.1) is 4.92 Å². The van der Waals surface area contributed by atoms with Crippen LogP contribution in [0.4, 0.5) is 17.1 Å². The van der Waals surface area contributed by atoms with Crippen molar-refractivity contribution >= 4 is 52.3 Å². The minimum atomic E-state index is -0.502. The maximum Gasteiger partial charge on any atom is 0.270 e. The number of benzene rings is 2. The highest BCUT2D eigenvalue weighted by molar-refractivity contribution is 7.80. The Bertz CT molecular complexity index is 991. The summed E-state index contributed by atoms with van der Waals surface area (Å²) in [5, 5.41) is 19.1. The maximum absolute atomic E-state index is 12.1. The van der Waals surface area contributed by atoms with Crippen molar-refractivity contribution in [1.29, 1.82) is 0 Å². The number of non-ortho nitro benzene ring substituents is 1. The van der Waals surface area contributed by atoms with Gasteiger partial charge in [0.25, 0.3) is 5.69 Å². The SMILES string of the molecule is CCCCCC(=O)Nc1cccc(NC(=S)NC(=O)/C=C/c2cccc([N+](=O)[O-])c2)c1. The molecule has 0 aromatic heterocycles. The first kappa shape index (κ1) is 23.7. The molecule has 9 heteroatoms. The molecule has 0 atom stereocenters. The van der Waals surface area contributed by atoms with Gasteiger partial charge >= 0.3 is 0 Å². The van der Waals surface area contributed by atoms with Gasteiger partial charge in [0.2, 0.25) is 11.8 Å². The first-order valence-corrected chi connectivity index (χ1v) is 10.2. The Morgan fingerprint density at radius 1 is 1.06 bits per heavy atom. The highest BCUT2D eigenvalue weighted by Gasteiger charge is 2.06. The van der Waals surface area contributed by atoms with E-state index in [1.54, 1.807) is 30.3 Å². The number of nitro groups is 1. The standard InChI is InChI=1S/C22H24N4O4S/c1-2-3-4-11-20(27)23-17-8-6-9-18(15-17)24-22(31)25-21(28)13-12-16-7-5-10-19(14-16)26(29)30/h5-10,12-15H,2-4,11H2,1H3,(H,23,27)(H2,24,25,28,31)/b13-12+. The molecule has 0 saturated carbocycles. The summed E-state index contributed by atoms with van der Waals surface area (Å²) in [5.41, 5.74) is 1.70. The molecule has 31 heavy (non-hydrogen) atoms. The minimum Gasteiger partial charge on any atom is -0.332 e. The quantitative estimate of drug-likeness (QED) is 0.172. The van der Waals surface area contributed by atoms with Crippen LogP contribution < -0.4 is 16.0 Å². The van der Waals surface area contributed by atoms with Gasteiger partial charge in [-0.15, -0.1) is 0 Å². The van der Waals surface area contributed by atoms with Crippen LogP contribution in [0.15, 0.2) is 54.6 Å². The van der Waals surface area contributed by atoms with Crippen LogP contribution in [0.2, 0.25) is 0 Å². The topological polar surface area (TPSA) is 113 Å². The average molecular weight is 441 g/mol. The minimum absolute atomic E-state index is 0.0484. The number of rotatable bonds is 9. The van der Waals surface area contributed by atoms with Crippen molar-refractivity contribution in [1.82, 2.24) is 5.32 Å². The molecule has 3 N–H and O–H groups in total. The molecule has 2 rings (SSSR count). The molecule has 0 bridgehead atoms. The molecule has 0 aliphatic rings. The number of amides is 2. The molecule has 0 unspecified atom stereocenters. The van der Waals surface area contributed by atoms with E-state index in [2.05, 4.69) is 22.9 Å². The number of carbonyl (C=O) groups excluding carboxylic acids is 2. The fourth-order valence-electron chi connectivity index (χ4n) is 2.66. The monoisotopic (exact) mass is 440 g/mol. The summed E-state index contributed by atoms with van der Waals surface area (Å²) in [6.45, 7) is 2.08.